The Labute approximate surface area is 141 Å². The largest absolute Gasteiger partial charge is 0.508 e. The van der Waals surface area contributed by atoms with Gasteiger partial charge in [0.1, 0.15) is 5.75 Å². The number of ether oxygens (including phenoxy) is 2. The minimum Gasteiger partial charge on any atom is -0.508 e. The smallest absolute Gasteiger partial charge is 0.253 e. The second-order valence-corrected chi connectivity index (χ2v) is 5.32. The maximum absolute atomic E-state index is 12.5. The van der Waals surface area contributed by atoms with E-state index in [1.807, 2.05) is 12.1 Å². The first-order valence-corrected chi connectivity index (χ1v) is 7.43. The van der Waals surface area contributed by atoms with Crippen molar-refractivity contribution in [2.75, 3.05) is 26.2 Å². The number of benzene rings is 2. The number of phenols is 1. The van der Waals surface area contributed by atoms with E-state index in [1.54, 1.807) is 64.6 Å². The molecule has 126 valence electrons. The van der Waals surface area contributed by atoms with Crippen molar-refractivity contribution in [1.29, 1.82) is 0 Å². The molecule has 0 aromatic heterocycles. The van der Waals surface area contributed by atoms with Crippen LogP contribution in [0, 0.1) is 0 Å². The highest BCUT2D eigenvalue weighted by molar-refractivity contribution is 6.07. The number of carbonyl (C=O) groups excluding carboxylic acids is 1. The van der Waals surface area contributed by atoms with Crippen LogP contribution in [0.4, 0.5) is 5.69 Å². The number of anilines is 1. The van der Waals surface area contributed by atoms with Gasteiger partial charge in [-0.1, -0.05) is 6.07 Å². The maximum atomic E-state index is 12.5. The van der Waals surface area contributed by atoms with Gasteiger partial charge < -0.3 is 19.5 Å². The number of hydrogen-bond donors (Lipinski definition) is 1. The van der Waals surface area contributed by atoms with E-state index < -0.39 is 0 Å². The normalized spacial score (nSPS) is 11.1. The summed E-state index contributed by atoms with van der Waals surface area (Å²) in [6.07, 6.45) is 1.79. The summed E-state index contributed by atoms with van der Waals surface area (Å²) < 4.78 is 10.5. The van der Waals surface area contributed by atoms with Crippen LogP contribution in [-0.2, 0) is 4.79 Å². The molecule has 24 heavy (non-hydrogen) atoms. The first kappa shape index (κ1) is 17.4. The van der Waals surface area contributed by atoms with Crippen LogP contribution in [0.25, 0.3) is 6.08 Å². The van der Waals surface area contributed by atoms with Crippen LogP contribution in [0.1, 0.15) is 12.5 Å². The van der Waals surface area contributed by atoms with Crippen molar-refractivity contribution in [3.05, 3.63) is 53.6 Å². The van der Waals surface area contributed by atoms with E-state index in [-0.39, 0.29) is 11.7 Å². The number of methoxy groups -OCH3 is 2. The quantitative estimate of drug-likeness (QED) is 0.854. The summed E-state index contributed by atoms with van der Waals surface area (Å²) in [5.74, 6) is 1.28. The molecule has 0 bridgehead atoms. The van der Waals surface area contributed by atoms with Gasteiger partial charge in [-0.25, -0.2) is 0 Å². The zero-order valence-corrected chi connectivity index (χ0v) is 14.2. The van der Waals surface area contributed by atoms with Crippen molar-refractivity contribution in [3.8, 4) is 17.2 Å². The second kappa shape index (κ2) is 7.55. The number of aromatic hydroxyl groups is 1. The SMILES string of the molecule is COc1ccc(/C=C(\C)C(=O)N(C)c2ccc(O)cc2)cc1OC. The first-order valence-electron chi connectivity index (χ1n) is 7.43. The number of rotatable bonds is 5. The maximum Gasteiger partial charge on any atom is 0.253 e. The van der Waals surface area contributed by atoms with Crippen LogP contribution in [0.2, 0.25) is 0 Å². The zero-order valence-electron chi connectivity index (χ0n) is 14.2. The number of nitrogens with zero attached hydrogens (tertiary/aromatic N) is 1. The molecule has 0 aliphatic heterocycles. The number of carbonyl (C=O) groups is 1. The average molecular weight is 327 g/mol. The number of likely N-dealkylation sites (N-methyl/N-ethyl adjacent to an activating group) is 1. The first-order chi connectivity index (χ1) is 11.5. The highest BCUT2D eigenvalue weighted by Gasteiger charge is 2.13. The third kappa shape index (κ3) is 3.87. The highest BCUT2D eigenvalue weighted by atomic mass is 16.5. The third-order valence-electron chi connectivity index (χ3n) is 3.67. The highest BCUT2D eigenvalue weighted by Crippen LogP contribution is 2.28. The molecule has 0 spiro atoms. The van der Waals surface area contributed by atoms with Crippen LogP contribution in [0.15, 0.2) is 48.0 Å². The molecule has 0 unspecified atom stereocenters. The molecule has 0 heterocycles. The van der Waals surface area contributed by atoms with Gasteiger partial charge >= 0.3 is 0 Å². The lowest BCUT2D eigenvalue weighted by atomic mass is 10.1. The third-order valence-corrected chi connectivity index (χ3v) is 3.67. The van der Waals surface area contributed by atoms with Crippen LogP contribution in [0.5, 0.6) is 17.2 Å². The lowest BCUT2D eigenvalue weighted by molar-refractivity contribution is -0.114. The Kier molecular flexibility index (Phi) is 5.47. The summed E-state index contributed by atoms with van der Waals surface area (Å²) in [6, 6.07) is 12.0. The lowest BCUT2D eigenvalue weighted by Crippen LogP contribution is -2.26. The molecular formula is C19H21NO4. The molecule has 2 rings (SSSR count). The summed E-state index contributed by atoms with van der Waals surface area (Å²) in [6.45, 7) is 1.76. The predicted molar refractivity (Wildman–Crippen MR) is 94.7 cm³/mol. The Morgan fingerprint density at radius 1 is 1.04 bits per heavy atom. The zero-order chi connectivity index (χ0) is 17.7. The lowest BCUT2D eigenvalue weighted by Gasteiger charge is -2.18. The van der Waals surface area contributed by atoms with Gasteiger partial charge in [0, 0.05) is 18.3 Å². The topological polar surface area (TPSA) is 59.0 Å². The van der Waals surface area contributed by atoms with Gasteiger partial charge in [0.2, 0.25) is 0 Å². The van der Waals surface area contributed by atoms with Crippen LogP contribution < -0.4 is 14.4 Å². The van der Waals surface area contributed by atoms with Gasteiger partial charge in [-0.15, -0.1) is 0 Å². The molecule has 0 saturated carbocycles. The van der Waals surface area contributed by atoms with E-state index in [0.29, 0.717) is 22.8 Å². The van der Waals surface area contributed by atoms with Gasteiger partial charge in [-0.05, 0) is 55.0 Å². The van der Waals surface area contributed by atoms with E-state index in [0.717, 1.165) is 5.56 Å². The molecule has 5 nitrogen and oxygen atoms in total. The fraction of sp³-hybridized carbons (Fsp3) is 0.211. The molecule has 2 aromatic rings. The van der Waals surface area contributed by atoms with E-state index in [9.17, 15) is 9.90 Å². The number of phenolic OH excluding ortho intramolecular Hbond substituents is 1. The standard InChI is InChI=1S/C19H21NO4/c1-13(11-14-5-10-17(23-3)18(12-14)24-4)19(22)20(2)15-6-8-16(21)9-7-15/h5-12,21H,1-4H3/b13-11+. The molecular weight excluding hydrogens is 306 g/mol. The Balaban J connectivity index is 2.23. The molecule has 0 aliphatic rings. The van der Waals surface area contributed by atoms with Gasteiger partial charge in [0.05, 0.1) is 14.2 Å². The van der Waals surface area contributed by atoms with Gasteiger partial charge in [-0.3, -0.25) is 4.79 Å². The molecule has 0 aliphatic carbocycles. The van der Waals surface area contributed by atoms with Crippen molar-refractivity contribution in [2.24, 2.45) is 0 Å². The van der Waals surface area contributed by atoms with Crippen molar-refractivity contribution in [2.45, 2.75) is 6.92 Å². The fourth-order valence-electron chi connectivity index (χ4n) is 2.31. The Morgan fingerprint density at radius 2 is 1.67 bits per heavy atom. The summed E-state index contributed by atoms with van der Waals surface area (Å²) in [5.41, 5.74) is 2.13. The Morgan fingerprint density at radius 3 is 2.25 bits per heavy atom. The van der Waals surface area contributed by atoms with E-state index in [4.69, 9.17) is 9.47 Å². The molecule has 0 fully saturated rings. The van der Waals surface area contributed by atoms with E-state index in [2.05, 4.69) is 0 Å². The van der Waals surface area contributed by atoms with Crippen molar-refractivity contribution in [1.82, 2.24) is 0 Å². The fourth-order valence-corrected chi connectivity index (χ4v) is 2.31. The van der Waals surface area contributed by atoms with Gasteiger partial charge in [0.15, 0.2) is 11.5 Å². The average Bonchev–Trinajstić information content (AvgIpc) is 2.60. The molecule has 5 heteroatoms. The van der Waals surface area contributed by atoms with Crippen LogP contribution in [0.3, 0.4) is 0 Å². The number of hydrogen-bond acceptors (Lipinski definition) is 4. The predicted octanol–water partition coefficient (Wildman–Crippen LogP) is 3.48. The van der Waals surface area contributed by atoms with Crippen molar-refractivity contribution in [3.63, 3.8) is 0 Å². The van der Waals surface area contributed by atoms with Gasteiger partial charge in [-0.2, -0.15) is 0 Å². The van der Waals surface area contributed by atoms with E-state index >= 15 is 0 Å². The second-order valence-electron chi connectivity index (χ2n) is 5.32. The number of amides is 1. The van der Waals surface area contributed by atoms with Crippen LogP contribution in [-0.4, -0.2) is 32.3 Å². The molecule has 1 N–H and O–H groups in total. The summed E-state index contributed by atoms with van der Waals surface area (Å²) in [5, 5.41) is 9.34. The van der Waals surface area contributed by atoms with Crippen LogP contribution >= 0.6 is 0 Å². The molecule has 0 atom stereocenters. The molecule has 1 amide bonds. The van der Waals surface area contributed by atoms with Gasteiger partial charge in [0.25, 0.3) is 5.91 Å². The minimum atomic E-state index is -0.129. The Hall–Kier alpha value is -2.95. The Bertz CT molecular complexity index is 750. The summed E-state index contributed by atoms with van der Waals surface area (Å²) in [7, 11) is 4.84. The van der Waals surface area contributed by atoms with Crippen molar-refractivity contribution < 1.29 is 19.4 Å². The van der Waals surface area contributed by atoms with Crippen molar-refractivity contribution >= 4 is 17.7 Å². The molecule has 2 aromatic carbocycles. The molecule has 0 radical (unpaired) electrons. The minimum absolute atomic E-state index is 0.129. The summed E-state index contributed by atoms with van der Waals surface area (Å²) in [4.78, 5) is 14.1. The molecule has 0 saturated heterocycles. The summed E-state index contributed by atoms with van der Waals surface area (Å²) >= 11 is 0. The van der Waals surface area contributed by atoms with E-state index in [1.165, 1.54) is 4.90 Å². The monoisotopic (exact) mass is 327 g/mol.